The number of nitrogens with zero attached hydrogens (tertiary/aromatic N) is 1. The van der Waals surface area contributed by atoms with Crippen molar-refractivity contribution in [2.75, 3.05) is 13.7 Å². The zero-order valence-corrected chi connectivity index (χ0v) is 18.3. The van der Waals surface area contributed by atoms with E-state index < -0.39 is 17.8 Å². The molecule has 1 unspecified atom stereocenters. The van der Waals surface area contributed by atoms with Crippen LogP contribution in [0.1, 0.15) is 16.7 Å². The summed E-state index contributed by atoms with van der Waals surface area (Å²) >= 11 is 0. The van der Waals surface area contributed by atoms with Crippen molar-refractivity contribution in [3.05, 3.63) is 101 Å². The van der Waals surface area contributed by atoms with Crippen LogP contribution in [0.25, 0.3) is 0 Å². The molecule has 0 spiro atoms. The number of aryl methyl sites for hydroxylation is 1. The van der Waals surface area contributed by atoms with E-state index in [4.69, 9.17) is 4.74 Å². The van der Waals surface area contributed by atoms with E-state index in [1.807, 2.05) is 49.4 Å². The van der Waals surface area contributed by atoms with Gasteiger partial charge in [-0.3, -0.25) is 9.59 Å². The monoisotopic (exact) mass is 434 g/mol. The Kier molecular flexibility index (Phi) is 7.97. The standard InChI is InChI=1S/C26H27FN2O3/c1-19-12-14-22(15-13-19)32-18-25(30)29(17-21-10-6-7-11-23(21)27)24(26(31)28-2)16-20-8-4-3-5-9-20/h3-15,24H,16-18H2,1-2H3,(H,28,31). The molecule has 0 aliphatic carbocycles. The van der Waals surface area contributed by atoms with Crippen molar-refractivity contribution in [1.82, 2.24) is 10.2 Å². The fraction of sp³-hybridized carbons (Fsp3) is 0.231. The predicted octanol–water partition coefficient (Wildman–Crippen LogP) is 3.90. The third kappa shape index (κ3) is 6.17. The average molecular weight is 435 g/mol. The molecule has 5 nitrogen and oxygen atoms in total. The van der Waals surface area contributed by atoms with Gasteiger partial charge >= 0.3 is 0 Å². The summed E-state index contributed by atoms with van der Waals surface area (Å²) in [4.78, 5) is 27.4. The highest BCUT2D eigenvalue weighted by atomic mass is 19.1. The molecular formula is C26H27FN2O3. The first kappa shape index (κ1) is 23.0. The van der Waals surface area contributed by atoms with E-state index in [0.717, 1.165) is 11.1 Å². The summed E-state index contributed by atoms with van der Waals surface area (Å²) in [5.74, 6) is -0.610. The van der Waals surface area contributed by atoms with E-state index in [0.29, 0.717) is 17.7 Å². The number of carbonyl (C=O) groups is 2. The van der Waals surface area contributed by atoms with E-state index in [9.17, 15) is 14.0 Å². The molecule has 32 heavy (non-hydrogen) atoms. The zero-order valence-electron chi connectivity index (χ0n) is 18.3. The molecule has 3 rings (SSSR count). The molecule has 6 heteroatoms. The Hall–Kier alpha value is -3.67. The number of ether oxygens (including phenoxy) is 1. The van der Waals surface area contributed by atoms with Gasteiger partial charge in [0.05, 0.1) is 0 Å². The molecule has 0 aromatic heterocycles. The number of halogens is 1. The van der Waals surface area contributed by atoms with Gasteiger partial charge < -0.3 is 15.0 Å². The van der Waals surface area contributed by atoms with Gasteiger partial charge in [-0.1, -0.05) is 66.2 Å². The van der Waals surface area contributed by atoms with Crippen LogP contribution in [0.5, 0.6) is 5.75 Å². The summed E-state index contributed by atoms with van der Waals surface area (Å²) in [5, 5.41) is 2.63. The molecule has 0 aliphatic heterocycles. The number of nitrogens with one attached hydrogen (secondary N) is 1. The van der Waals surface area contributed by atoms with Gasteiger partial charge in [-0.25, -0.2) is 4.39 Å². The van der Waals surface area contributed by atoms with Crippen LogP contribution in [0.15, 0.2) is 78.9 Å². The van der Waals surface area contributed by atoms with E-state index >= 15 is 0 Å². The third-order valence-corrected chi connectivity index (χ3v) is 5.20. The normalized spacial score (nSPS) is 11.5. The van der Waals surface area contributed by atoms with Crippen molar-refractivity contribution in [3.63, 3.8) is 0 Å². The lowest BCUT2D eigenvalue weighted by atomic mass is 10.0. The second-order valence-electron chi connectivity index (χ2n) is 7.53. The number of amides is 2. The van der Waals surface area contributed by atoms with Crippen LogP contribution < -0.4 is 10.1 Å². The molecule has 0 heterocycles. The lowest BCUT2D eigenvalue weighted by molar-refractivity contribution is -0.142. The molecule has 3 aromatic rings. The fourth-order valence-corrected chi connectivity index (χ4v) is 3.39. The molecule has 3 aromatic carbocycles. The van der Waals surface area contributed by atoms with Crippen molar-refractivity contribution in [2.45, 2.75) is 25.9 Å². The third-order valence-electron chi connectivity index (χ3n) is 5.20. The molecular weight excluding hydrogens is 407 g/mol. The summed E-state index contributed by atoms with van der Waals surface area (Å²) in [6.07, 6.45) is 0.297. The Morgan fingerprint density at radius 1 is 0.969 bits per heavy atom. The van der Waals surface area contributed by atoms with Gasteiger partial charge in [0.25, 0.3) is 5.91 Å². The maximum atomic E-state index is 14.4. The molecule has 2 amide bonds. The fourth-order valence-electron chi connectivity index (χ4n) is 3.39. The molecule has 0 bridgehead atoms. The number of rotatable bonds is 9. The summed E-state index contributed by atoms with van der Waals surface area (Å²) in [7, 11) is 1.52. The second-order valence-corrected chi connectivity index (χ2v) is 7.53. The Labute approximate surface area is 187 Å². The van der Waals surface area contributed by atoms with Crippen LogP contribution in [0.2, 0.25) is 0 Å². The lowest BCUT2D eigenvalue weighted by Gasteiger charge is -2.31. The van der Waals surface area contributed by atoms with Gasteiger partial charge in [-0.15, -0.1) is 0 Å². The Bertz CT molecular complexity index is 1040. The summed E-state index contributed by atoms with van der Waals surface area (Å²) in [5.41, 5.74) is 2.30. The maximum Gasteiger partial charge on any atom is 0.261 e. The van der Waals surface area contributed by atoms with Crippen LogP contribution in [0.3, 0.4) is 0 Å². The van der Waals surface area contributed by atoms with E-state index in [1.165, 1.54) is 18.0 Å². The maximum absolute atomic E-state index is 14.4. The highest BCUT2D eigenvalue weighted by Gasteiger charge is 2.30. The quantitative estimate of drug-likeness (QED) is 0.556. The van der Waals surface area contributed by atoms with Crippen LogP contribution >= 0.6 is 0 Å². The molecule has 0 saturated heterocycles. The second kappa shape index (κ2) is 11.1. The van der Waals surface area contributed by atoms with Gasteiger partial charge in [0.2, 0.25) is 5.91 Å². The number of hydrogen-bond acceptors (Lipinski definition) is 3. The minimum Gasteiger partial charge on any atom is -0.484 e. The molecule has 166 valence electrons. The van der Waals surface area contributed by atoms with Crippen molar-refractivity contribution in [1.29, 1.82) is 0 Å². The Balaban J connectivity index is 1.87. The first-order valence-corrected chi connectivity index (χ1v) is 10.5. The van der Waals surface area contributed by atoms with Gasteiger partial charge in [-0.2, -0.15) is 0 Å². The summed E-state index contributed by atoms with van der Waals surface area (Å²) in [6.45, 7) is 1.65. The van der Waals surface area contributed by atoms with Gasteiger partial charge in [-0.05, 0) is 30.7 Å². The topological polar surface area (TPSA) is 58.6 Å². The van der Waals surface area contributed by atoms with Crippen molar-refractivity contribution < 1.29 is 18.7 Å². The van der Waals surface area contributed by atoms with Crippen LogP contribution in [0, 0.1) is 12.7 Å². The largest absolute Gasteiger partial charge is 0.484 e. The average Bonchev–Trinajstić information content (AvgIpc) is 2.82. The Morgan fingerprint density at radius 2 is 1.62 bits per heavy atom. The first-order chi connectivity index (χ1) is 15.5. The molecule has 0 aliphatic rings. The molecule has 0 fully saturated rings. The number of carbonyl (C=O) groups excluding carboxylic acids is 2. The molecule has 1 atom stereocenters. The summed E-state index contributed by atoms with van der Waals surface area (Å²) < 4.78 is 20.1. The van der Waals surface area contributed by atoms with Crippen molar-refractivity contribution in [2.24, 2.45) is 0 Å². The van der Waals surface area contributed by atoms with Crippen LogP contribution in [-0.2, 0) is 22.6 Å². The lowest BCUT2D eigenvalue weighted by Crippen LogP contribution is -2.51. The van der Waals surface area contributed by atoms with Gasteiger partial charge in [0, 0.05) is 25.6 Å². The van der Waals surface area contributed by atoms with E-state index in [-0.39, 0.29) is 19.1 Å². The highest BCUT2D eigenvalue weighted by molar-refractivity contribution is 5.88. The van der Waals surface area contributed by atoms with Crippen LogP contribution in [0.4, 0.5) is 4.39 Å². The Morgan fingerprint density at radius 3 is 2.28 bits per heavy atom. The number of hydrogen-bond donors (Lipinski definition) is 1. The smallest absolute Gasteiger partial charge is 0.261 e. The predicted molar refractivity (Wildman–Crippen MR) is 122 cm³/mol. The van der Waals surface area contributed by atoms with Crippen molar-refractivity contribution in [3.8, 4) is 5.75 Å². The molecule has 0 radical (unpaired) electrons. The minimum absolute atomic E-state index is 0.0479. The number of likely N-dealkylation sites (N-methyl/N-ethyl adjacent to an activating group) is 1. The van der Waals surface area contributed by atoms with Gasteiger partial charge in [0.15, 0.2) is 6.61 Å². The SMILES string of the molecule is CNC(=O)C(Cc1ccccc1)N(Cc1ccccc1F)C(=O)COc1ccc(C)cc1. The minimum atomic E-state index is -0.823. The highest BCUT2D eigenvalue weighted by Crippen LogP contribution is 2.18. The van der Waals surface area contributed by atoms with Crippen molar-refractivity contribution >= 4 is 11.8 Å². The first-order valence-electron chi connectivity index (χ1n) is 10.5. The molecule has 0 saturated carbocycles. The molecule has 1 N–H and O–H groups in total. The summed E-state index contributed by atoms with van der Waals surface area (Å²) in [6, 6.07) is 22.2. The van der Waals surface area contributed by atoms with Crippen LogP contribution in [-0.4, -0.2) is 36.4 Å². The van der Waals surface area contributed by atoms with Gasteiger partial charge in [0.1, 0.15) is 17.6 Å². The van der Waals surface area contributed by atoms with E-state index in [2.05, 4.69) is 5.32 Å². The zero-order chi connectivity index (χ0) is 22.9. The number of benzene rings is 3. The van der Waals surface area contributed by atoms with E-state index in [1.54, 1.807) is 30.3 Å².